The van der Waals surface area contributed by atoms with Crippen LogP contribution in [-0.2, 0) is 13.5 Å². The van der Waals surface area contributed by atoms with Crippen molar-refractivity contribution in [3.05, 3.63) is 51.2 Å². The molecule has 0 aliphatic rings. The number of benzene rings is 1. The molecule has 2 N–H and O–H groups in total. The minimum absolute atomic E-state index is 0.0865. The van der Waals surface area contributed by atoms with Gasteiger partial charge in [-0.05, 0) is 23.8 Å². The number of nitrogens with two attached hydrogens (primary N) is 1. The summed E-state index contributed by atoms with van der Waals surface area (Å²) in [4.78, 5) is 0. The lowest BCUT2D eigenvalue weighted by molar-refractivity contribution is 0.673. The van der Waals surface area contributed by atoms with Gasteiger partial charge in [0.1, 0.15) is 0 Å². The van der Waals surface area contributed by atoms with Crippen molar-refractivity contribution in [2.24, 2.45) is 12.8 Å². The van der Waals surface area contributed by atoms with Crippen LogP contribution in [0.15, 0.2) is 34.9 Å². The van der Waals surface area contributed by atoms with Gasteiger partial charge in [0.25, 0.3) is 0 Å². The molecule has 0 radical (unpaired) electrons. The molecule has 0 bridgehead atoms. The molecule has 1 unspecified atom stereocenters. The predicted molar refractivity (Wildman–Crippen MR) is 73.0 cm³/mol. The van der Waals surface area contributed by atoms with E-state index in [0.717, 1.165) is 15.7 Å². The third kappa shape index (κ3) is 3.09. The smallest absolute Gasteiger partial charge is 0.0643 e. The highest BCUT2D eigenvalue weighted by Gasteiger charge is 2.12. The number of halogens is 2. The van der Waals surface area contributed by atoms with E-state index in [1.807, 2.05) is 37.5 Å². The zero-order valence-electron chi connectivity index (χ0n) is 9.40. The van der Waals surface area contributed by atoms with Crippen molar-refractivity contribution in [2.75, 3.05) is 0 Å². The Bertz CT molecular complexity index is 524. The molecule has 0 aliphatic heterocycles. The van der Waals surface area contributed by atoms with Crippen LogP contribution in [0.3, 0.4) is 0 Å². The second kappa shape index (κ2) is 5.21. The maximum atomic E-state index is 6.16. The number of rotatable bonds is 3. The van der Waals surface area contributed by atoms with Gasteiger partial charge in [0.15, 0.2) is 0 Å². The maximum absolute atomic E-state index is 6.16. The third-order valence-corrected chi connectivity index (χ3v) is 3.48. The van der Waals surface area contributed by atoms with Crippen LogP contribution >= 0.6 is 27.5 Å². The zero-order chi connectivity index (χ0) is 12.4. The first-order valence-electron chi connectivity index (χ1n) is 5.25. The molecule has 2 rings (SSSR count). The molecule has 2 aromatic rings. The molecule has 0 saturated heterocycles. The summed E-state index contributed by atoms with van der Waals surface area (Å²) in [6.07, 6.45) is 2.63. The van der Waals surface area contributed by atoms with E-state index >= 15 is 0 Å². The van der Waals surface area contributed by atoms with E-state index in [9.17, 15) is 0 Å². The molecular weight excluding hydrogens is 302 g/mol. The van der Waals surface area contributed by atoms with E-state index in [-0.39, 0.29) is 6.04 Å². The molecule has 3 nitrogen and oxygen atoms in total. The van der Waals surface area contributed by atoms with Gasteiger partial charge in [-0.1, -0.05) is 33.6 Å². The zero-order valence-corrected chi connectivity index (χ0v) is 11.7. The van der Waals surface area contributed by atoms with E-state index < -0.39 is 0 Å². The Morgan fingerprint density at radius 2 is 2.24 bits per heavy atom. The molecule has 1 aromatic heterocycles. The summed E-state index contributed by atoms with van der Waals surface area (Å²) in [5.74, 6) is 0. The van der Waals surface area contributed by atoms with Crippen LogP contribution in [0.1, 0.15) is 17.3 Å². The second-order valence-electron chi connectivity index (χ2n) is 3.96. The van der Waals surface area contributed by atoms with Crippen LogP contribution in [0, 0.1) is 0 Å². The van der Waals surface area contributed by atoms with Crippen molar-refractivity contribution in [3.8, 4) is 0 Å². The summed E-state index contributed by atoms with van der Waals surface area (Å²) in [5, 5.41) is 5.02. The summed E-state index contributed by atoms with van der Waals surface area (Å²) < 4.78 is 2.72. The molecule has 0 amide bonds. The largest absolute Gasteiger partial charge is 0.324 e. The average Bonchev–Trinajstić information content (AvgIpc) is 2.63. The second-order valence-corrected chi connectivity index (χ2v) is 5.25. The lowest BCUT2D eigenvalue weighted by atomic mass is 10.0. The number of hydrogen-bond acceptors (Lipinski definition) is 2. The van der Waals surface area contributed by atoms with Gasteiger partial charge >= 0.3 is 0 Å². The highest BCUT2D eigenvalue weighted by Crippen LogP contribution is 2.27. The maximum Gasteiger partial charge on any atom is 0.0643 e. The van der Waals surface area contributed by atoms with Crippen LogP contribution in [0.25, 0.3) is 0 Å². The van der Waals surface area contributed by atoms with Gasteiger partial charge in [0.05, 0.1) is 5.69 Å². The van der Waals surface area contributed by atoms with E-state index in [1.165, 1.54) is 0 Å². The number of aromatic nitrogens is 2. The van der Waals surface area contributed by atoms with E-state index in [1.54, 1.807) is 4.68 Å². The fraction of sp³-hybridized carbons (Fsp3) is 0.250. The van der Waals surface area contributed by atoms with Crippen molar-refractivity contribution < 1.29 is 0 Å². The Labute approximate surface area is 114 Å². The Kier molecular flexibility index (Phi) is 3.86. The quantitative estimate of drug-likeness (QED) is 0.946. The molecule has 0 spiro atoms. The minimum atomic E-state index is -0.0865. The van der Waals surface area contributed by atoms with Gasteiger partial charge in [-0.3, -0.25) is 4.68 Å². The topological polar surface area (TPSA) is 43.8 Å². The van der Waals surface area contributed by atoms with Crippen molar-refractivity contribution >= 4 is 27.5 Å². The number of nitrogens with zero attached hydrogens (tertiary/aromatic N) is 2. The van der Waals surface area contributed by atoms with Crippen LogP contribution in [0.5, 0.6) is 0 Å². The SMILES string of the molecule is Cn1ccc(CC(N)c2ccc(Cl)cc2Br)n1. The number of hydrogen-bond donors (Lipinski definition) is 1. The van der Waals surface area contributed by atoms with Crippen molar-refractivity contribution in [1.29, 1.82) is 0 Å². The fourth-order valence-electron chi connectivity index (χ4n) is 1.71. The first-order chi connectivity index (χ1) is 8.06. The highest BCUT2D eigenvalue weighted by molar-refractivity contribution is 9.10. The first-order valence-corrected chi connectivity index (χ1v) is 6.42. The van der Waals surface area contributed by atoms with Gasteiger partial charge in [0, 0.05) is 35.2 Å². The Morgan fingerprint density at radius 1 is 1.47 bits per heavy atom. The molecule has 0 aliphatic carbocycles. The van der Waals surface area contributed by atoms with E-state index in [0.29, 0.717) is 11.4 Å². The summed E-state index contributed by atoms with van der Waals surface area (Å²) in [7, 11) is 1.90. The van der Waals surface area contributed by atoms with Gasteiger partial charge in [0.2, 0.25) is 0 Å². The molecular formula is C12H13BrClN3. The average molecular weight is 315 g/mol. The fourth-order valence-corrected chi connectivity index (χ4v) is 2.69. The summed E-state index contributed by atoms with van der Waals surface area (Å²) in [6, 6.07) is 7.54. The van der Waals surface area contributed by atoms with Crippen molar-refractivity contribution in [3.63, 3.8) is 0 Å². The Hall–Kier alpha value is -0.840. The van der Waals surface area contributed by atoms with Gasteiger partial charge in [-0.15, -0.1) is 0 Å². The summed E-state index contributed by atoms with van der Waals surface area (Å²) >= 11 is 9.37. The van der Waals surface area contributed by atoms with Crippen LogP contribution in [0.2, 0.25) is 5.02 Å². The third-order valence-electron chi connectivity index (χ3n) is 2.56. The lowest BCUT2D eigenvalue weighted by Gasteiger charge is -2.12. The summed E-state index contributed by atoms with van der Waals surface area (Å²) in [6.45, 7) is 0. The predicted octanol–water partition coefficient (Wildman–Crippen LogP) is 3.08. The molecule has 0 saturated carbocycles. The molecule has 0 fully saturated rings. The molecule has 1 aromatic carbocycles. The summed E-state index contributed by atoms with van der Waals surface area (Å²) in [5.41, 5.74) is 8.19. The Morgan fingerprint density at radius 3 is 2.82 bits per heavy atom. The molecule has 5 heteroatoms. The van der Waals surface area contributed by atoms with Gasteiger partial charge in [-0.25, -0.2) is 0 Å². The number of aryl methyl sites for hydroxylation is 1. The van der Waals surface area contributed by atoms with Crippen LogP contribution < -0.4 is 5.73 Å². The minimum Gasteiger partial charge on any atom is -0.324 e. The highest BCUT2D eigenvalue weighted by atomic mass is 79.9. The first kappa shape index (κ1) is 12.6. The van der Waals surface area contributed by atoms with Crippen molar-refractivity contribution in [2.45, 2.75) is 12.5 Å². The van der Waals surface area contributed by atoms with Gasteiger partial charge < -0.3 is 5.73 Å². The standard InChI is InChI=1S/C12H13BrClN3/c1-17-5-4-9(16-17)7-12(15)10-3-2-8(14)6-11(10)13/h2-6,12H,7,15H2,1H3. The van der Waals surface area contributed by atoms with E-state index in [4.69, 9.17) is 17.3 Å². The monoisotopic (exact) mass is 313 g/mol. The van der Waals surface area contributed by atoms with Crippen LogP contribution in [-0.4, -0.2) is 9.78 Å². The molecule has 1 atom stereocenters. The van der Waals surface area contributed by atoms with Crippen LogP contribution in [0.4, 0.5) is 0 Å². The van der Waals surface area contributed by atoms with Gasteiger partial charge in [-0.2, -0.15) is 5.10 Å². The lowest BCUT2D eigenvalue weighted by Crippen LogP contribution is -2.14. The van der Waals surface area contributed by atoms with Crippen molar-refractivity contribution in [1.82, 2.24) is 9.78 Å². The van der Waals surface area contributed by atoms with E-state index in [2.05, 4.69) is 21.0 Å². The normalized spacial score (nSPS) is 12.7. The molecule has 90 valence electrons. The molecule has 17 heavy (non-hydrogen) atoms. The molecule has 1 heterocycles. The Balaban J connectivity index is 2.17.